The minimum atomic E-state index is -4.67. The summed E-state index contributed by atoms with van der Waals surface area (Å²) in [6.45, 7) is 12.6. The van der Waals surface area contributed by atoms with Gasteiger partial charge < -0.3 is 103 Å². The van der Waals surface area contributed by atoms with E-state index in [1.807, 2.05) is 0 Å². The molecule has 1 rings (SSSR count). The van der Waals surface area contributed by atoms with Crippen LogP contribution in [0, 0.1) is 17.8 Å². The molecule has 11 amide bonds. The lowest BCUT2D eigenvalue weighted by molar-refractivity contribution is -0.137. The van der Waals surface area contributed by atoms with Crippen LogP contribution in [-0.2, 0) is 63.1 Å². The van der Waals surface area contributed by atoms with Crippen LogP contribution in [0.5, 0.6) is 0 Å². The monoisotopic (exact) mass is 1280 g/mol. The highest BCUT2D eigenvalue weighted by molar-refractivity contribution is 7.79. The number of unbranched alkanes of at least 4 members (excludes halogenated alkanes) is 1. The lowest BCUT2D eigenvalue weighted by Crippen LogP contribution is -2.62. The summed E-state index contributed by atoms with van der Waals surface area (Å²) in [5.74, 6) is -9.49. The van der Waals surface area contributed by atoms with Crippen LogP contribution in [0.4, 0.5) is 0 Å². The lowest BCUT2D eigenvalue weighted by atomic mass is 9.99. The van der Waals surface area contributed by atoms with Crippen molar-refractivity contribution in [2.24, 2.45) is 46.4 Å². The van der Waals surface area contributed by atoms with Gasteiger partial charge in [-0.25, -0.2) is 0 Å². The minimum Gasteiger partial charge on any atom is -0.412 e. The van der Waals surface area contributed by atoms with E-state index in [4.69, 9.17) is 46.2 Å². The molecule has 0 bridgehead atoms. The Bertz CT molecular complexity index is 2310. The van der Waals surface area contributed by atoms with E-state index >= 15 is 0 Å². The second-order valence-electron chi connectivity index (χ2n) is 22.4. The van der Waals surface area contributed by atoms with Gasteiger partial charge in [-0.2, -0.15) is 8.42 Å². The molecule has 27 N–H and O–H groups in total. The molecule has 1 fully saturated rings. The van der Waals surface area contributed by atoms with Crippen molar-refractivity contribution in [1.82, 2.24) is 58.5 Å². The van der Waals surface area contributed by atoms with Gasteiger partial charge in [0, 0.05) is 13.0 Å². The van der Waals surface area contributed by atoms with Crippen LogP contribution in [0.3, 0.4) is 0 Å². The van der Waals surface area contributed by atoms with E-state index in [9.17, 15) is 63.0 Å². The number of hydrogen-bond donors (Lipinski definition) is 20. The van der Waals surface area contributed by atoms with Gasteiger partial charge in [-0.05, 0) is 122 Å². The smallest absolute Gasteiger partial charge is 0.394 e. The average Bonchev–Trinajstić information content (AvgIpc) is 3.42. The van der Waals surface area contributed by atoms with Crippen LogP contribution >= 0.6 is 0 Å². The number of nitrogens with one attached hydrogen (secondary N) is 11. The van der Waals surface area contributed by atoms with Crippen molar-refractivity contribution in [3.63, 3.8) is 0 Å². The molecular weight excluding hydrogens is 1180 g/mol. The maximum atomic E-state index is 14.4. The Labute approximate surface area is 515 Å². The van der Waals surface area contributed by atoms with Gasteiger partial charge >= 0.3 is 10.4 Å². The van der Waals surface area contributed by atoms with E-state index < -0.39 is 161 Å². The maximum Gasteiger partial charge on any atom is 0.394 e. The third-order valence-electron chi connectivity index (χ3n) is 13.7. The molecule has 1 saturated heterocycles. The number of amides is 11. The molecule has 0 unspecified atom stereocenters. The largest absolute Gasteiger partial charge is 0.412 e. The van der Waals surface area contributed by atoms with Crippen LogP contribution in [0.25, 0.3) is 0 Å². The van der Waals surface area contributed by atoms with Gasteiger partial charge in [0.1, 0.15) is 60.4 Å². The Kier molecular flexibility index (Phi) is 42.1. The molecule has 34 nitrogen and oxygen atoms in total. The van der Waals surface area contributed by atoms with Crippen molar-refractivity contribution < 1.29 is 86.0 Å². The molecule has 0 aliphatic carbocycles. The zero-order chi connectivity index (χ0) is 66.7. The molecule has 510 valence electrons. The number of carbonyl (C=O) groups excluding carboxylic acids is 11. The van der Waals surface area contributed by atoms with Crippen molar-refractivity contribution in [3.8, 4) is 0 Å². The van der Waals surface area contributed by atoms with Gasteiger partial charge in [0.2, 0.25) is 65.0 Å². The Morgan fingerprint density at radius 3 is 1.35 bits per heavy atom. The van der Waals surface area contributed by atoms with Crippen molar-refractivity contribution >= 4 is 75.4 Å². The van der Waals surface area contributed by atoms with Gasteiger partial charge in [-0.15, -0.1) is 0 Å². The first-order chi connectivity index (χ1) is 40.7. The standard InChI is InChI=1S/C53H100N16O13.H2O4S.H2O/c1-9-30(6)12-10-11-13-41(72)60-33(14-20-54)48(77)69-43(32(8)71)53(82)65-36(17-23-57)45(74)64-38-19-25-59-52(81)42(31(7)70)68-49(78)37(18-24-58)62-44(73)34(15-21-55)63-50(79)39(26-28(2)3)67-51(80)40(27-29(4)5)66-46(75)35(16-22-56)61-47(38)76;1-5(2,3)4;/h28-40,42-43,70-71H,9-27,54-58H2,1-8H3,(H,59,81)(H,60,72)(H,61,76)(H,62,73)(H,63,79)(H,64,74)(H,65,82)(H,66,75)(H,67,80)(H,68,78)(H,69,77);(H2,1,2,3,4);1H2/t30-,31+,32+,33-,34-,35-,36-,37-,38-,39-,40+,42-,43-;;/m0../s1. The molecule has 0 aromatic carbocycles. The van der Waals surface area contributed by atoms with Crippen LogP contribution < -0.4 is 87.2 Å². The molecule has 0 aromatic heterocycles. The van der Waals surface area contributed by atoms with Crippen molar-refractivity contribution in [2.75, 3.05) is 39.3 Å². The summed E-state index contributed by atoms with van der Waals surface area (Å²) in [7, 11) is -4.67. The minimum absolute atomic E-state index is 0. The molecule has 0 aromatic rings. The molecule has 88 heavy (non-hydrogen) atoms. The second-order valence-corrected chi connectivity index (χ2v) is 23.3. The second kappa shape index (κ2) is 44.2. The number of aliphatic hydroxyl groups excluding tert-OH is 2. The highest BCUT2D eigenvalue weighted by atomic mass is 32.3. The molecule has 0 radical (unpaired) electrons. The van der Waals surface area contributed by atoms with E-state index in [-0.39, 0.29) is 101 Å². The number of nitrogens with two attached hydrogens (primary N) is 5. The topological polar surface area (TPSA) is 597 Å². The van der Waals surface area contributed by atoms with Gasteiger partial charge in [0.25, 0.3) is 0 Å². The zero-order valence-corrected chi connectivity index (χ0v) is 52.8. The summed E-state index contributed by atoms with van der Waals surface area (Å²) in [5, 5.41) is 49.5. The van der Waals surface area contributed by atoms with Crippen LogP contribution in [0.1, 0.15) is 139 Å². The summed E-state index contributed by atoms with van der Waals surface area (Å²) in [5.41, 5.74) is 29.2. The fourth-order valence-corrected chi connectivity index (χ4v) is 8.76. The first-order valence-corrected chi connectivity index (χ1v) is 30.9. The molecule has 1 aliphatic rings. The Balaban J connectivity index is 0. The number of carbonyl (C=O) groups is 11. The first-order valence-electron chi connectivity index (χ1n) is 29.5. The van der Waals surface area contributed by atoms with Crippen LogP contribution in [-0.4, -0.2) is 210 Å². The SMILES string of the molecule is CC[C@H](C)CCCCC(=O)N[C@@H](CCN)C(=O)N[C@H](C(=O)N[C@@H](CCN)C(=O)N[C@H]1CCNC(=O)[C@H]([C@@H](C)O)NC(=O)[C@H](CCN)NC(=O)[C@H](CCN)NC(=O)[C@H](CC(C)C)NC(=O)[C@@H](CC(C)C)NC(=O)[C@H](CCN)NC1=O)[C@@H](C)O.O.O=S(=O)(O)O. The van der Waals surface area contributed by atoms with Gasteiger partial charge in [0.05, 0.1) is 12.2 Å². The summed E-state index contributed by atoms with van der Waals surface area (Å²) in [6.07, 6.45) is -0.760. The molecule has 13 atom stereocenters. The van der Waals surface area contributed by atoms with Gasteiger partial charge in [0.15, 0.2) is 0 Å². The molecule has 35 heteroatoms. The predicted molar refractivity (Wildman–Crippen MR) is 323 cm³/mol. The Hall–Kier alpha value is -6.28. The van der Waals surface area contributed by atoms with E-state index in [1.54, 1.807) is 27.7 Å². The normalized spacial score (nSPS) is 22.5. The molecule has 0 spiro atoms. The summed E-state index contributed by atoms with van der Waals surface area (Å²) in [6, 6.07) is -14.5. The van der Waals surface area contributed by atoms with E-state index in [2.05, 4.69) is 72.3 Å². The molecular formula is C53H104N16O18S. The molecule has 1 heterocycles. The van der Waals surface area contributed by atoms with Crippen LogP contribution in [0.2, 0.25) is 0 Å². The molecule has 0 saturated carbocycles. The van der Waals surface area contributed by atoms with Gasteiger partial charge in [-0.1, -0.05) is 60.8 Å². The Morgan fingerprint density at radius 2 is 0.955 bits per heavy atom. The lowest BCUT2D eigenvalue weighted by Gasteiger charge is -2.29. The predicted octanol–water partition coefficient (Wildman–Crippen LogP) is -6.92. The third kappa shape index (κ3) is 34.5. The van der Waals surface area contributed by atoms with E-state index in [0.717, 1.165) is 19.3 Å². The maximum absolute atomic E-state index is 14.4. The summed E-state index contributed by atoms with van der Waals surface area (Å²) < 4.78 is 31.6. The molecule has 1 aliphatic heterocycles. The number of aliphatic hydroxyl groups is 2. The quantitative estimate of drug-likeness (QED) is 0.0244. The fourth-order valence-electron chi connectivity index (χ4n) is 8.76. The van der Waals surface area contributed by atoms with Crippen LogP contribution in [0.15, 0.2) is 0 Å². The zero-order valence-electron chi connectivity index (χ0n) is 52.0. The third-order valence-corrected chi connectivity index (χ3v) is 13.7. The average molecular weight is 1290 g/mol. The van der Waals surface area contributed by atoms with E-state index in [0.29, 0.717) is 12.3 Å². The Morgan fingerprint density at radius 1 is 0.545 bits per heavy atom. The van der Waals surface area contributed by atoms with E-state index in [1.165, 1.54) is 13.8 Å². The highest BCUT2D eigenvalue weighted by Crippen LogP contribution is 2.14. The summed E-state index contributed by atoms with van der Waals surface area (Å²) >= 11 is 0. The van der Waals surface area contributed by atoms with Gasteiger partial charge in [-0.3, -0.25) is 61.8 Å². The van der Waals surface area contributed by atoms with Crippen molar-refractivity contribution in [1.29, 1.82) is 0 Å². The first kappa shape index (κ1) is 83.8. The number of rotatable bonds is 29. The highest BCUT2D eigenvalue weighted by Gasteiger charge is 2.37. The number of hydrogen-bond acceptors (Lipinski definition) is 20. The van der Waals surface area contributed by atoms with Crippen molar-refractivity contribution in [2.45, 2.75) is 211 Å². The van der Waals surface area contributed by atoms with Crippen molar-refractivity contribution in [3.05, 3.63) is 0 Å². The fraction of sp³-hybridized carbons (Fsp3) is 0.792. The summed E-state index contributed by atoms with van der Waals surface area (Å²) in [4.78, 5) is 153.